The summed E-state index contributed by atoms with van der Waals surface area (Å²) in [5.41, 5.74) is 7.99. The first kappa shape index (κ1) is 11.6. The van der Waals surface area contributed by atoms with Gasteiger partial charge in [-0.1, -0.05) is 23.7 Å². The van der Waals surface area contributed by atoms with Gasteiger partial charge in [0, 0.05) is 21.5 Å². The Bertz CT molecular complexity index is 488. The quantitative estimate of drug-likeness (QED) is 0.883. The van der Waals surface area contributed by atoms with E-state index in [-0.39, 0.29) is 6.04 Å². The third-order valence-corrected chi connectivity index (χ3v) is 4.00. The molecule has 0 aliphatic heterocycles. The van der Waals surface area contributed by atoms with Gasteiger partial charge < -0.3 is 5.73 Å². The lowest BCUT2D eigenvalue weighted by molar-refractivity contribution is 0.825. The van der Waals surface area contributed by atoms with E-state index in [1.54, 1.807) is 11.3 Å². The van der Waals surface area contributed by atoms with Crippen LogP contribution in [-0.4, -0.2) is 4.98 Å². The molecule has 0 spiro atoms. The van der Waals surface area contributed by atoms with Crippen LogP contribution in [0, 0.1) is 6.92 Å². The Morgan fingerprint density at radius 1 is 1.31 bits per heavy atom. The number of rotatable bonds is 2. The van der Waals surface area contributed by atoms with Crippen molar-refractivity contribution in [2.45, 2.75) is 19.9 Å². The van der Waals surface area contributed by atoms with Crippen LogP contribution in [0.25, 0.3) is 10.6 Å². The van der Waals surface area contributed by atoms with Gasteiger partial charge in [0.25, 0.3) is 0 Å². The molecule has 0 saturated heterocycles. The first-order valence-corrected chi connectivity index (χ1v) is 6.26. The smallest absolute Gasteiger partial charge is 0.123 e. The van der Waals surface area contributed by atoms with E-state index in [2.05, 4.69) is 4.98 Å². The van der Waals surface area contributed by atoms with Crippen molar-refractivity contribution in [3.63, 3.8) is 0 Å². The largest absolute Gasteiger partial charge is 0.323 e. The number of thiazole rings is 1. The van der Waals surface area contributed by atoms with Gasteiger partial charge in [-0.2, -0.15) is 0 Å². The highest BCUT2D eigenvalue weighted by Crippen LogP contribution is 2.31. The van der Waals surface area contributed by atoms with E-state index in [0.29, 0.717) is 0 Å². The van der Waals surface area contributed by atoms with Crippen molar-refractivity contribution in [2.75, 3.05) is 0 Å². The SMILES string of the molecule is Cc1nc(-c2ccc(Cl)cc2)sc1[C@H](C)N. The van der Waals surface area contributed by atoms with E-state index in [0.717, 1.165) is 26.2 Å². The van der Waals surface area contributed by atoms with Crippen LogP contribution in [-0.2, 0) is 0 Å². The fraction of sp³-hybridized carbons (Fsp3) is 0.250. The fourth-order valence-corrected chi connectivity index (χ4v) is 2.70. The van der Waals surface area contributed by atoms with Gasteiger partial charge in [-0.25, -0.2) is 4.98 Å². The van der Waals surface area contributed by atoms with E-state index in [1.807, 2.05) is 38.1 Å². The Hall–Kier alpha value is -0.900. The topological polar surface area (TPSA) is 38.9 Å². The third-order valence-electron chi connectivity index (χ3n) is 2.34. The molecule has 2 aromatic rings. The molecule has 0 aliphatic rings. The lowest BCUT2D eigenvalue weighted by Crippen LogP contribution is -2.03. The highest BCUT2D eigenvalue weighted by molar-refractivity contribution is 7.15. The molecule has 0 unspecified atom stereocenters. The van der Waals surface area contributed by atoms with Crippen molar-refractivity contribution in [2.24, 2.45) is 5.73 Å². The van der Waals surface area contributed by atoms with Crippen LogP contribution in [0.4, 0.5) is 0 Å². The van der Waals surface area contributed by atoms with E-state index in [9.17, 15) is 0 Å². The molecule has 0 radical (unpaired) electrons. The minimum Gasteiger partial charge on any atom is -0.323 e. The maximum atomic E-state index is 5.88. The molecule has 1 atom stereocenters. The summed E-state index contributed by atoms with van der Waals surface area (Å²) in [4.78, 5) is 5.67. The summed E-state index contributed by atoms with van der Waals surface area (Å²) in [6, 6.07) is 7.74. The number of hydrogen-bond acceptors (Lipinski definition) is 3. The zero-order valence-corrected chi connectivity index (χ0v) is 10.8. The second kappa shape index (κ2) is 4.53. The van der Waals surface area contributed by atoms with Crippen molar-refractivity contribution in [3.8, 4) is 10.6 Å². The lowest BCUT2D eigenvalue weighted by Gasteiger charge is -1.99. The van der Waals surface area contributed by atoms with Crippen molar-refractivity contribution in [3.05, 3.63) is 39.9 Å². The first-order valence-electron chi connectivity index (χ1n) is 5.07. The average Bonchev–Trinajstić information content (AvgIpc) is 2.61. The molecule has 4 heteroatoms. The predicted octanol–water partition coefficient (Wildman–Crippen LogP) is 3.79. The molecule has 1 aromatic carbocycles. The number of nitrogens with zero attached hydrogens (tertiary/aromatic N) is 1. The average molecular weight is 253 g/mol. The Balaban J connectivity index is 2.41. The molecular weight excluding hydrogens is 240 g/mol. The highest BCUT2D eigenvalue weighted by atomic mass is 35.5. The summed E-state index contributed by atoms with van der Waals surface area (Å²) in [5, 5.41) is 1.74. The molecule has 2 nitrogen and oxygen atoms in total. The van der Waals surface area contributed by atoms with Gasteiger partial charge in [0.1, 0.15) is 5.01 Å². The summed E-state index contributed by atoms with van der Waals surface area (Å²) >= 11 is 7.50. The van der Waals surface area contributed by atoms with Gasteiger partial charge >= 0.3 is 0 Å². The number of nitrogens with two attached hydrogens (primary N) is 1. The normalized spacial score (nSPS) is 12.8. The summed E-state index contributed by atoms with van der Waals surface area (Å²) in [7, 11) is 0. The molecule has 2 N–H and O–H groups in total. The van der Waals surface area contributed by atoms with Crippen molar-refractivity contribution in [1.82, 2.24) is 4.98 Å². The minimum atomic E-state index is 0.0403. The van der Waals surface area contributed by atoms with Crippen LogP contribution in [0.5, 0.6) is 0 Å². The van der Waals surface area contributed by atoms with Crippen molar-refractivity contribution < 1.29 is 0 Å². The Labute approximate surface area is 104 Å². The maximum Gasteiger partial charge on any atom is 0.123 e. The van der Waals surface area contributed by atoms with Crippen LogP contribution >= 0.6 is 22.9 Å². The number of hydrogen-bond donors (Lipinski definition) is 1. The van der Waals surface area contributed by atoms with Crippen LogP contribution in [0.2, 0.25) is 5.02 Å². The van der Waals surface area contributed by atoms with Gasteiger partial charge in [0.15, 0.2) is 0 Å². The summed E-state index contributed by atoms with van der Waals surface area (Å²) < 4.78 is 0. The van der Waals surface area contributed by atoms with Crippen LogP contribution < -0.4 is 5.73 Å². The number of benzene rings is 1. The monoisotopic (exact) mass is 252 g/mol. The first-order chi connectivity index (χ1) is 7.58. The van der Waals surface area contributed by atoms with E-state index in [1.165, 1.54) is 0 Å². The third kappa shape index (κ3) is 2.26. The van der Waals surface area contributed by atoms with Crippen molar-refractivity contribution >= 4 is 22.9 Å². The molecule has 0 saturated carbocycles. The zero-order chi connectivity index (χ0) is 11.7. The van der Waals surface area contributed by atoms with Gasteiger partial charge in [-0.15, -0.1) is 11.3 Å². The lowest BCUT2D eigenvalue weighted by atomic mass is 10.2. The van der Waals surface area contributed by atoms with Crippen LogP contribution in [0.3, 0.4) is 0 Å². The van der Waals surface area contributed by atoms with E-state index in [4.69, 9.17) is 17.3 Å². The molecule has 84 valence electrons. The second-order valence-corrected chi connectivity index (χ2v) is 5.23. The second-order valence-electron chi connectivity index (χ2n) is 3.76. The van der Waals surface area contributed by atoms with E-state index >= 15 is 0 Å². The zero-order valence-electron chi connectivity index (χ0n) is 9.20. The molecule has 1 heterocycles. The van der Waals surface area contributed by atoms with Crippen molar-refractivity contribution in [1.29, 1.82) is 0 Å². The van der Waals surface area contributed by atoms with E-state index < -0.39 is 0 Å². The van der Waals surface area contributed by atoms with Crippen LogP contribution in [0.1, 0.15) is 23.5 Å². The van der Waals surface area contributed by atoms with Gasteiger partial charge in [0.2, 0.25) is 0 Å². The molecule has 1 aromatic heterocycles. The molecule has 0 fully saturated rings. The number of aryl methyl sites for hydroxylation is 1. The fourth-order valence-electron chi connectivity index (χ4n) is 1.55. The maximum absolute atomic E-state index is 5.88. The number of aromatic nitrogens is 1. The minimum absolute atomic E-state index is 0.0403. The summed E-state index contributed by atoms with van der Waals surface area (Å²) in [6.07, 6.45) is 0. The Morgan fingerprint density at radius 2 is 1.94 bits per heavy atom. The molecule has 0 amide bonds. The molecule has 16 heavy (non-hydrogen) atoms. The summed E-state index contributed by atoms with van der Waals surface area (Å²) in [5.74, 6) is 0. The van der Waals surface area contributed by atoms with Gasteiger partial charge in [-0.05, 0) is 26.0 Å². The number of halogens is 1. The van der Waals surface area contributed by atoms with Crippen LogP contribution in [0.15, 0.2) is 24.3 Å². The Morgan fingerprint density at radius 3 is 2.44 bits per heavy atom. The molecule has 2 rings (SSSR count). The Kier molecular flexibility index (Phi) is 3.28. The molecule has 0 bridgehead atoms. The van der Waals surface area contributed by atoms with Gasteiger partial charge in [0.05, 0.1) is 5.69 Å². The van der Waals surface area contributed by atoms with Gasteiger partial charge in [-0.3, -0.25) is 0 Å². The standard InChI is InChI=1S/C12H13ClN2S/c1-7(14)11-8(2)15-12(16-11)9-3-5-10(13)6-4-9/h3-7H,14H2,1-2H3/t7-/m0/s1. The molecular formula is C12H13ClN2S. The summed E-state index contributed by atoms with van der Waals surface area (Å²) in [6.45, 7) is 3.97. The molecule has 0 aliphatic carbocycles. The highest BCUT2D eigenvalue weighted by Gasteiger charge is 2.11. The predicted molar refractivity (Wildman–Crippen MR) is 69.9 cm³/mol.